The van der Waals surface area contributed by atoms with Crippen molar-refractivity contribution in [2.24, 2.45) is 0 Å². The summed E-state index contributed by atoms with van der Waals surface area (Å²) >= 11 is 17.9. The summed E-state index contributed by atoms with van der Waals surface area (Å²) in [5.41, 5.74) is 1.21. The summed E-state index contributed by atoms with van der Waals surface area (Å²) in [6, 6.07) is 12.0. The Kier molecular flexibility index (Phi) is 5.58. The van der Waals surface area contributed by atoms with Crippen LogP contribution in [0.3, 0.4) is 0 Å². The lowest BCUT2D eigenvalue weighted by molar-refractivity contribution is -0.116. The highest BCUT2D eigenvalue weighted by atomic mass is 35.5. The second kappa shape index (κ2) is 7.87. The number of anilines is 1. The van der Waals surface area contributed by atoms with E-state index in [1.165, 1.54) is 0 Å². The molecule has 25 heavy (non-hydrogen) atoms. The highest BCUT2D eigenvalue weighted by Crippen LogP contribution is 2.25. The summed E-state index contributed by atoms with van der Waals surface area (Å²) in [5.74, 6) is 0.535. The van der Waals surface area contributed by atoms with Gasteiger partial charge in [-0.3, -0.25) is 4.79 Å². The van der Waals surface area contributed by atoms with Crippen LogP contribution in [0.4, 0.5) is 5.69 Å². The minimum atomic E-state index is -0.212. The molecule has 2 aromatic carbocycles. The van der Waals surface area contributed by atoms with Gasteiger partial charge in [0, 0.05) is 34.1 Å². The molecular formula is C17H12Cl3N3O2. The van der Waals surface area contributed by atoms with Crippen molar-refractivity contribution < 1.29 is 9.32 Å². The SMILES string of the molecule is O=C(CCc1nc(-c2ccccc2Cl)no1)Nc1cc(Cl)cc(Cl)c1. The molecule has 0 aliphatic carbocycles. The monoisotopic (exact) mass is 395 g/mol. The molecular weight excluding hydrogens is 385 g/mol. The Morgan fingerprint density at radius 2 is 1.80 bits per heavy atom. The maximum Gasteiger partial charge on any atom is 0.227 e. The van der Waals surface area contributed by atoms with Crippen molar-refractivity contribution in [1.82, 2.24) is 10.1 Å². The van der Waals surface area contributed by atoms with Gasteiger partial charge in [-0.2, -0.15) is 4.98 Å². The Morgan fingerprint density at radius 1 is 1.08 bits per heavy atom. The van der Waals surface area contributed by atoms with Crippen molar-refractivity contribution in [2.45, 2.75) is 12.8 Å². The molecule has 3 aromatic rings. The number of carbonyl (C=O) groups excluding carboxylic acids is 1. The van der Waals surface area contributed by atoms with Gasteiger partial charge in [-0.25, -0.2) is 0 Å². The van der Waals surface area contributed by atoms with Gasteiger partial charge in [0.2, 0.25) is 17.6 Å². The largest absolute Gasteiger partial charge is 0.339 e. The Bertz CT molecular complexity index is 891. The van der Waals surface area contributed by atoms with E-state index in [-0.39, 0.29) is 12.3 Å². The molecule has 1 amide bonds. The number of rotatable bonds is 5. The van der Waals surface area contributed by atoms with Crippen LogP contribution in [0.2, 0.25) is 15.1 Å². The summed E-state index contributed by atoms with van der Waals surface area (Å²) in [6.07, 6.45) is 0.478. The zero-order chi connectivity index (χ0) is 17.8. The molecule has 0 saturated carbocycles. The summed E-state index contributed by atoms with van der Waals surface area (Å²) in [4.78, 5) is 16.3. The molecule has 0 bridgehead atoms. The summed E-state index contributed by atoms with van der Waals surface area (Å²) < 4.78 is 5.17. The number of benzene rings is 2. The van der Waals surface area contributed by atoms with E-state index in [0.29, 0.717) is 44.5 Å². The highest BCUT2D eigenvalue weighted by molar-refractivity contribution is 6.35. The van der Waals surface area contributed by atoms with Crippen LogP contribution in [0.5, 0.6) is 0 Å². The fraction of sp³-hybridized carbons (Fsp3) is 0.118. The second-order valence-corrected chi connectivity index (χ2v) is 6.48. The molecule has 1 aromatic heterocycles. The van der Waals surface area contributed by atoms with E-state index < -0.39 is 0 Å². The number of amides is 1. The smallest absolute Gasteiger partial charge is 0.227 e. The Labute approximate surface area is 158 Å². The number of carbonyl (C=O) groups is 1. The lowest BCUT2D eigenvalue weighted by Gasteiger charge is -2.05. The molecule has 0 aliphatic heterocycles. The van der Waals surface area contributed by atoms with Crippen molar-refractivity contribution in [1.29, 1.82) is 0 Å². The zero-order valence-corrected chi connectivity index (χ0v) is 15.1. The first-order valence-electron chi connectivity index (χ1n) is 7.35. The van der Waals surface area contributed by atoms with Crippen molar-refractivity contribution in [3.05, 3.63) is 63.4 Å². The van der Waals surface area contributed by atoms with Crippen LogP contribution < -0.4 is 5.32 Å². The van der Waals surface area contributed by atoms with E-state index in [2.05, 4.69) is 15.5 Å². The van der Waals surface area contributed by atoms with Gasteiger partial charge in [0.15, 0.2) is 0 Å². The number of nitrogens with zero attached hydrogens (tertiary/aromatic N) is 2. The molecule has 0 atom stereocenters. The van der Waals surface area contributed by atoms with Gasteiger partial charge in [0.25, 0.3) is 0 Å². The molecule has 0 unspecified atom stereocenters. The Balaban J connectivity index is 1.60. The van der Waals surface area contributed by atoms with Crippen molar-refractivity contribution in [2.75, 3.05) is 5.32 Å². The molecule has 8 heteroatoms. The van der Waals surface area contributed by atoms with Crippen LogP contribution in [-0.4, -0.2) is 16.0 Å². The third-order valence-electron chi connectivity index (χ3n) is 3.30. The molecule has 1 N–H and O–H groups in total. The molecule has 3 rings (SSSR count). The number of halogens is 3. The third kappa shape index (κ3) is 4.72. The van der Waals surface area contributed by atoms with E-state index in [0.717, 1.165) is 0 Å². The highest BCUT2D eigenvalue weighted by Gasteiger charge is 2.13. The first kappa shape index (κ1) is 17.7. The van der Waals surface area contributed by atoms with Gasteiger partial charge >= 0.3 is 0 Å². The lowest BCUT2D eigenvalue weighted by atomic mass is 10.2. The van der Waals surface area contributed by atoms with Crippen LogP contribution in [-0.2, 0) is 11.2 Å². The topological polar surface area (TPSA) is 68.0 Å². The van der Waals surface area contributed by atoms with E-state index in [9.17, 15) is 4.79 Å². The maximum atomic E-state index is 12.0. The molecule has 0 saturated heterocycles. The molecule has 0 spiro atoms. The van der Waals surface area contributed by atoms with Crippen LogP contribution >= 0.6 is 34.8 Å². The summed E-state index contributed by atoms with van der Waals surface area (Å²) in [6.45, 7) is 0. The van der Waals surface area contributed by atoms with Crippen LogP contribution in [0.25, 0.3) is 11.4 Å². The van der Waals surface area contributed by atoms with Crippen LogP contribution in [0.1, 0.15) is 12.3 Å². The van der Waals surface area contributed by atoms with Gasteiger partial charge < -0.3 is 9.84 Å². The number of aromatic nitrogens is 2. The molecule has 5 nitrogen and oxygen atoms in total. The minimum Gasteiger partial charge on any atom is -0.339 e. The predicted molar refractivity (Wildman–Crippen MR) is 98.2 cm³/mol. The average molecular weight is 397 g/mol. The van der Waals surface area contributed by atoms with E-state index >= 15 is 0 Å². The van der Waals surface area contributed by atoms with E-state index in [1.807, 2.05) is 12.1 Å². The number of hydrogen-bond acceptors (Lipinski definition) is 4. The van der Waals surface area contributed by atoms with E-state index in [4.69, 9.17) is 39.3 Å². The van der Waals surface area contributed by atoms with Gasteiger partial charge in [-0.05, 0) is 30.3 Å². The van der Waals surface area contributed by atoms with Crippen molar-refractivity contribution in [3.63, 3.8) is 0 Å². The van der Waals surface area contributed by atoms with Crippen molar-refractivity contribution in [3.8, 4) is 11.4 Å². The first-order chi connectivity index (χ1) is 12.0. The van der Waals surface area contributed by atoms with Gasteiger partial charge in [-0.15, -0.1) is 0 Å². The number of nitrogens with one attached hydrogen (secondary N) is 1. The first-order valence-corrected chi connectivity index (χ1v) is 8.48. The molecule has 128 valence electrons. The lowest BCUT2D eigenvalue weighted by Crippen LogP contribution is -2.12. The third-order valence-corrected chi connectivity index (χ3v) is 4.06. The minimum absolute atomic E-state index is 0.175. The zero-order valence-electron chi connectivity index (χ0n) is 12.8. The quantitative estimate of drug-likeness (QED) is 0.638. The molecule has 0 radical (unpaired) electrons. The predicted octanol–water partition coefficient (Wildman–Crippen LogP) is 5.27. The molecule has 0 aliphatic rings. The van der Waals surface area contributed by atoms with Crippen LogP contribution in [0.15, 0.2) is 47.0 Å². The van der Waals surface area contributed by atoms with Crippen molar-refractivity contribution >= 4 is 46.4 Å². The fourth-order valence-corrected chi connectivity index (χ4v) is 2.92. The Hall–Kier alpha value is -2.08. The molecule has 0 fully saturated rings. The standard InChI is InChI=1S/C17H12Cl3N3O2/c18-10-7-11(19)9-12(8-10)21-15(24)5-6-16-22-17(23-25-16)13-3-1-2-4-14(13)20/h1-4,7-9H,5-6H2,(H,21,24). The van der Waals surface area contributed by atoms with E-state index in [1.54, 1.807) is 30.3 Å². The Morgan fingerprint density at radius 3 is 2.52 bits per heavy atom. The summed E-state index contributed by atoms with van der Waals surface area (Å²) in [5, 5.41) is 8.05. The van der Waals surface area contributed by atoms with Crippen LogP contribution in [0, 0.1) is 0 Å². The summed E-state index contributed by atoms with van der Waals surface area (Å²) in [7, 11) is 0. The van der Waals surface area contributed by atoms with Gasteiger partial charge in [0.05, 0.1) is 5.02 Å². The fourth-order valence-electron chi connectivity index (χ4n) is 2.18. The average Bonchev–Trinajstić information content (AvgIpc) is 3.01. The second-order valence-electron chi connectivity index (χ2n) is 5.20. The van der Waals surface area contributed by atoms with Gasteiger partial charge in [0.1, 0.15) is 0 Å². The molecule has 1 heterocycles. The normalized spacial score (nSPS) is 10.7. The number of aryl methyl sites for hydroxylation is 1. The van der Waals surface area contributed by atoms with Gasteiger partial charge in [-0.1, -0.05) is 52.1 Å². The number of hydrogen-bond donors (Lipinski definition) is 1. The maximum absolute atomic E-state index is 12.0.